The first-order valence-corrected chi connectivity index (χ1v) is 13.1. The number of carbonyl (C=O) groups excluding carboxylic acids is 2. The number of fused-ring (bicyclic) bond motifs is 1. The average Bonchev–Trinajstić information content (AvgIpc) is 3.08. The maximum absolute atomic E-state index is 13.9. The molecule has 3 aliphatic rings. The van der Waals surface area contributed by atoms with E-state index in [4.69, 9.17) is 4.74 Å². The van der Waals surface area contributed by atoms with E-state index in [0.29, 0.717) is 25.4 Å². The van der Waals surface area contributed by atoms with E-state index in [1.54, 1.807) is 11.2 Å². The van der Waals surface area contributed by atoms with Crippen molar-refractivity contribution in [2.75, 3.05) is 19.7 Å². The lowest BCUT2D eigenvalue weighted by Gasteiger charge is -2.48. The summed E-state index contributed by atoms with van der Waals surface area (Å²) in [7, 11) is 0. The van der Waals surface area contributed by atoms with Gasteiger partial charge >= 0.3 is 0 Å². The molecule has 2 N–H and O–H groups in total. The predicted octanol–water partition coefficient (Wildman–Crippen LogP) is 3.85. The number of allylic oxidation sites excluding steroid dienone is 1. The summed E-state index contributed by atoms with van der Waals surface area (Å²) >= 11 is 0. The minimum absolute atomic E-state index is 0.0625. The van der Waals surface area contributed by atoms with Gasteiger partial charge in [-0.2, -0.15) is 0 Å². The Kier molecular flexibility index (Phi) is 8.16. The van der Waals surface area contributed by atoms with E-state index in [0.717, 1.165) is 31.2 Å². The smallest absolute Gasteiger partial charge is 0.272 e. The standard InChI is InChI=1S/C28H40N4O3/c1-4-16-35-19-24-17-25-26(33)31(18-21(2)22-12-8-7-9-13-22)28(3,20-32(25)30-24)27(34)29-23-14-10-5-6-11-15-23/h4,7-9,12-13,16-17,21,23-24,30H,5-6,10-11,14-15,18-20H2,1-3H3,(H,29,34)/b16-4-. The van der Waals surface area contributed by atoms with Crippen LogP contribution in [0.4, 0.5) is 0 Å². The van der Waals surface area contributed by atoms with Crippen molar-refractivity contribution in [1.82, 2.24) is 20.7 Å². The van der Waals surface area contributed by atoms with Crippen LogP contribution in [0.5, 0.6) is 0 Å². The molecule has 1 aromatic rings. The average molecular weight is 481 g/mol. The number of ether oxygens (including phenoxy) is 1. The van der Waals surface area contributed by atoms with Crippen LogP contribution in [-0.4, -0.2) is 59.0 Å². The van der Waals surface area contributed by atoms with Crippen molar-refractivity contribution in [2.45, 2.75) is 82.8 Å². The molecular weight excluding hydrogens is 440 g/mol. The summed E-state index contributed by atoms with van der Waals surface area (Å²) in [5.41, 5.74) is 4.13. The van der Waals surface area contributed by atoms with Gasteiger partial charge in [-0.05, 0) is 44.2 Å². The largest absolute Gasteiger partial charge is 0.500 e. The minimum atomic E-state index is -0.990. The number of hydrazine groups is 1. The molecule has 190 valence electrons. The first-order chi connectivity index (χ1) is 16.9. The zero-order valence-corrected chi connectivity index (χ0v) is 21.3. The Hall–Kier alpha value is -2.80. The molecule has 1 aromatic carbocycles. The molecule has 3 unspecified atom stereocenters. The molecule has 35 heavy (non-hydrogen) atoms. The van der Waals surface area contributed by atoms with Crippen molar-refractivity contribution in [3.8, 4) is 0 Å². The molecule has 7 nitrogen and oxygen atoms in total. The third kappa shape index (κ3) is 5.72. The highest BCUT2D eigenvalue weighted by molar-refractivity contribution is 6.00. The normalized spacial score (nSPS) is 26.3. The molecule has 0 radical (unpaired) electrons. The summed E-state index contributed by atoms with van der Waals surface area (Å²) in [5, 5.41) is 5.17. The van der Waals surface area contributed by atoms with Crippen LogP contribution in [0.1, 0.15) is 70.8 Å². The number of hydrogen-bond donors (Lipinski definition) is 2. The van der Waals surface area contributed by atoms with E-state index in [1.165, 1.54) is 12.8 Å². The summed E-state index contributed by atoms with van der Waals surface area (Å²) < 4.78 is 5.55. The van der Waals surface area contributed by atoms with Gasteiger partial charge in [-0.15, -0.1) is 0 Å². The maximum Gasteiger partial charge on any atom is 0.272 e. The Balaban J connectivity index is 1.57. The van der Waals surface area contributed by atoms with Gasteiger partial charge in [-0.1, -0.05) is 69.0 Å². The van der Waals surface area contributed by atoms with Gasteiger partial charge in [-0.3, -0.25) is 14.6 Å². The monoisotopic (exact) mass is 480 g/mol. The third-order valence-corrected chi connectivity index (χ3v) is 7.51. The molecule has 0 aromatic heterocycles. The van der Waals surface area contributed by atoms with Crippen molar-refractivity contribution in [3.05, 3.63) is 60.0 Å². The number of rotatable bonds is 8. The van der Waals surface area contributed by atoms with Crippen LogP contribution >= 0.6 is 0 Å². The Morgan fingerprint density at radius 3 is 2.63 bits per heavy atom. The molecule has 2 aliphatic heterocycles. The summed E-state index contributed by atoms with van der Waals surface area (Å²) in [6, 6.07) is 10.3. The van der Waals surface area contributed by atoms with Gasteiger partial charge in [0, 0.05) is 12.6 Å². The highest BCUT2D eigenvalue weighted by atomic mass is 16.5. The fraction of sp³-hybridized carbons (Fsp3) is 0.571. The van der Waals surface area contributed by atoms with Gasteiger partial charge in [0.15, 0.2) is 0 Å². The van der Waals surface area contributed by atoms with E-state index < -0.39 is 5.54 Å². The topological polar surface area (TPSA) is 73.9 Å². The highest BCUT2D eigenvalue weighted by Crippen LogP contribution is 2.33. The molecule has 4 rings (SSSR count). The molecule has 0 bridgehead atoms. The fourth-order valence-corrected chi connectivity index (χ4v) is 5.41. The van der Waals surface area contributed by atoms with E-state index in [-0.39, 0.29) is 29.8 Å². The minimum Gasteiger partial charge on any atom is -0.500 e. The molecule has 0 spiro atoms. The van der Waals surface area contributed by atoms with Crippen LogP contribution in [-0.2, 0) is 14.3 Å². The quantitative estimate of drug-likeness (QED) is 0.437. The molecule has 1 saturated carbocycles. The lowest BCUT2D eigenvalue weighted by Crippen LogP contribution is -2.70. The van der Waals surface area contributed by atoms with Crippen LogP contribution < -0.4 is 10.7 Å². The molecule has 1 aliphatic carbocycles. The first-order valence-electron chi connectivity index (χ1n) is 13.1. The van der Waals surface area contributed by atoms with Gasteiger partial charge < -0.3 is 15.0 Å². The molecule has 3 atom stereocenters. The number of benzene rings is 1. The van der Waals surface area contributed by atoms with Crippen LogP contribution in [0.25, 0.3) is 0 Å². The highest BCUT2D eigenvalue weighted by Gasteiger charge is 2.52. The Morgan fingerprint density at radius 1 is 1.23 bits per heavy atom. The first kappa shape index (κ1) is 25.3. The summed E-state index contributed by atoms with van der Waals surface area (Å²) in [6.45, 7) is 7.22. The zero-order valence-electron chi connectivity index (χ0n) is 21.3. The lowest BCUT2D eigenvalue weighted by atomic mass is 9.90. The van der Waals surface area contributed by atoms with Crippen LogP contribution in [0.3, 0.4) is 0 Å². The van der Waals surface area contributed by atoms with Gasteiger partial charge in [0.05, 0.1) is 18.8 Å². The number of nitrogens with zero attached hydrogens (tertiary/aromatic N) is 2. The molecule has 2 heterocycles. The summed E-state index contributed by atoms with van der Waals surface area (Å²) in [4.78, 5) is 29.5. The van der Waals surface area contributed by atoms with Gasteiger partial charge in [-0.25, -0.2) is 5.43 Å². The van der Waals surface area contributed by atoms with Crippen molar-refractivity contribution < 1.29 is 14.3 Å². The number of amides is 2. The van der Waals surface area contributed by atoms with Gasteiger partial charge in [0.25, 0.3) is 5.91 Å². The van der Waals surface area contributed by atoms with Gasteiger partial charge in [0.2, 0.25) is 5.91 Å². The van der Waals surface area contributed by atoms with Crippen molar-refractivity contribution >= 4 is 11.8 Å². The SMILES string of the molecule is C/C=C\OCC1C=C2C(=O)N(CC(C)c3ccccc3)C(C)(C(=O)NC3CCCCCC3)CN2N1. The summed E-state index contributed by atoms with van der Waals surface area (Å²) in [6.07, 6.45) is 12.2. The molecule has 1 saturated heterocycles. The third-order valence-electron chi connectivity index (χ3n) is 7.51. The van der Waals surface area contributed by atoms with Crippen LogP contribution in [0, 0.1) is 0 Å². The number of nitrogens with one attached hydrogen (secondary N) is 2. The number of carbonyl (C=O) groups is 2. The maximum atomic E-state index is 13.9. The van der Waals surface area contributed by atoms with E-state index in [1.807, 2.05) is 49.2 Å². The number of piperazine rings is 1. The van der Waals surface area contributed by atoms with Crippen molar-refractivity contribution in [1.29, 1.82) is 0 Å². The summed E-state index contributed by atoms with van der Waals surface area (Å²) in [5.74, 6) is -0.0773. The second kappa shape index (κ2) is 11.3. The van der Waals surface area contributed by atoms with E-state index in [2.05, 4.69) is 29.8 Å². The molecule has 2 amide bonds. The van der Waals surface area contributed by atoms with Gasteiger partial charge in [0.1, 0.15) is 17.8 Å². The Bertz CT molecular complexity index is 939. The van der Waals surface area contributed by atoms with Crippen molar-refractivity contribution in [2.24, 2.45) is 0 Å². The second-order valence-corrected chi connectivity index (χ2v) is 10.3. The fourth-order valence-electron chi connectivity index (χ4n) is 5.41. The number of hydrogen-bond acceptors (Lipinski definition) is 5. The zero-order chi connectivity index (χ0) is 24.8. The molecule has 2 fully saturated rings. The Labute approximate surface area is 209 Å². The predicted molar refractivity (Wildman–Crippen MR) is 137 cm³/mol. The van der Waals surface area contributed by atoms with Crippen LogP contribution in [0.2, 0.25) is 0 Å². The van der Waals surface area contributed by atoms with E-state index in [9.17, 15) is 9.59 Å². The Morgan fingerprint density at radius 2 is 1.94 bits per heavy atom. The van der Waals surface area contributed by atoms with E-state index >= 15 is 0 Å². The lowest BCUT2D eigenvalue weighted by molar-refractivity contribution is -0.153. The second-order valence-electron chi connectivity index (χ2n) is 10.3. The molecular formula is C28H40N4O3. The van der Waals surface area contributed by atoms with Crippen molar-refractivity contribution in [3.63, 3.8) is 0 Å². The van der Waals surface area contributed by atoms with Crippen LogP contribution in [0.15, 0.2) is 54.4 Å². The molecule has 7 heteroatoms.